The van der Waals surface area contributed by atoms with Crippen molar-refractivity contribution < 1.29 is 29.0 Å². The molecule has 2 amide bonds. The molecule has 1 aromatic carbocycles. The number of aliphatic hydroxyl groups is 1. The summed E-state index contributed by atoms with van der Waals surface area (Å²) in [5.74, 6) is -2.72. The van der Waals surface area contributed by atoms with Gasteiger partial charge in [0.05, 0.1) is 37.2 Å². The Balaban J connectivity index is 1.56. The monoisotopic (exact) mass is 548 g/mol. The topological polar surface area (TPSA) is 105 Å². The second-order valence-electron chi connectivity index (χ2n) is 10.1. The molecule has 3 saturated heterocycles. The van der Waals surface area contributed by atoms with Gasteiger partial charge in [0.1, 0.15) is 11.6 Å². The van der Waals surface area contributed by atoms with Crippen molar-refractivity contribution in [2.24, 2.45) is 11.8 Å². The van der Waals surface area contributed by atoms with Gasteiger partial charge in [-0.3, -0.25) is 14.4 Å². The van der Waals surface area contributed by atoms with Crippen molar-refractivity contribution in [2.45, 2.75) is 80.1 Å². The van der Waals surface area contributed by atoms with Crippen LogP contribution in [0, 0.1) is 11.8 Å². The van der Waals surface area contributed by atoms with Crippen LogP contribution < -0.4 is 5.32 Å². The van der Waals surface area contributed by atoms with E-state index < -0.39 is 41.6 Å². The number of alkyl halides is 1. The Labute approximate surface area is 213 Å². The molecule has 2 N–H and O–H groups in total. The number of esters is 1. The molecule has 1 saturated carbocycles. The SMILES string of the molecule is CCOC(=O)[C@@H]1[C@H]2O[C@@]3(CC2Br)[C@H](C(=O)NC2CCCCC2)N([C@H](CO)c2ccccc2)C(=O)[C@@H]13. The minimum absolute atomic E-state index is 0.0483. The molecular formula is C26H33BrN2O6. The summed E-state index contributed by atoms with van der Waals surface area (Å²) in [6.45, 7) is 1.58. The summed E-state index contributed by atoms with van der Waals surface area (Å²) in [5, 5.41) is 13.6. The molecule has 35 heavy (non-hydrogen) atoms. The highest BCUT2D eigenvalue weighted by molar-refractivity contribution is 9.09. The van der Waals surface area contributed by atoms with Gasteiger partial charge >= 0.3 is 5.97 Å². The van der Waals surface area contributed by atoms with Crippen LogP contribution in [0.2, 0.25) is 0 Å². The largest absolute Gasteiger partial charge is 0.466 e. The number of hydrogen-bond donors (Lipinski definition) is 2. The summed E-state index contributed by atoms with van der Waals surface area (Å²) in [7, 11) is 0. The van der Waals surface area contributed by atoms with Crippen molar-refractivity contribution >= 4 is 33.7 Å². The van der Waals surface area contributed by atoms with E-state index in [1.54, 1.807) is 6.92 Å². The maximum absolute atomic E-state index is 14.1. The van der Waals surface area contributed by atoms with Gasteiger partial charge in [-0.1, -0.05) is 65.5 Å². The summed E-state index contributed by atoms with van der Waals surface area (Å²) in [6.07, 6.45) is 4.96. The zero-order valence-corrected chi connectivity index (χ0v) is 21.5. The Kier molecular flexibility index (Phi) is 6.94. The van der Waals surface area contributed by atoms with Gasteiger partial charge in [-0.25, -0.2) is 0 Å². The molecule has 1 aliphatic carbocycles. The Hall–Kier alpha value is -1.97. The van der Waals surface area contributed by atoms with Crippen LogP contribution in [0.25, 0.3) is 0 Å². The fourth-order valence-electron chi connectivity index (χ4n) is 6.77. The van der Waals surface area contributed by atoms with Crippen LogP contribution in [0.3, 0.4) is 0 Å². The van der Waals surface area contributed by atoms with E-state index in [4.69, 9.17) is 9.47 Å². The van der Waals surface area contributed by atoms with E-state index in [9.17, 15) is 19.5 Å². The van der Waals surface area contributed by atoms with Gasteiger partial charge in [0.2, 0.25) is 11.8 Å². The summed E-state index contributed by atoms with van der Waals surface area (Å²) >= 11 is 3.66. The lowest BCUT2D eigenvalue weighted by atomic mass is 9.70. The number of halogens is 1. The van der Waals surface area contributed by atoms with Gasteiger partial charge < -0.3 is 24.8 Å². The van der Waals surface area contributed by atoms with Crippen LogP contribution in [0.4, 0.5) is 0 Å². The highest BCUT2D eigenvalue weighted by Crippen LogP contribution is 2.61. The average molecular weight is 549 g/mol. The lowest BCUT2D eigenvalue weighted by Crippen LogP contribution is -2.58. The minimum atomic E-state index is -1.16. The van der Waals surface area contributed by atoms with Crippen molar-refractivity contribution in [3.05, 3.63) is 35.9 Å². The van der Waals surface area contributed by atoms with Crippen LogP contribution in [-0.2, 0) is 23.9 Å². The van der Waals surface area contributed by atoms with E-state index >= 15 is 0 Å². The quantitative estimate of drug-likeness (QED) is 0.400. The van der Waals surface area contributed by atoms with Gasteiger partial charge in [0, 0.05) is 10.9 Å². The highest BCUT2D eigenvalue weighted by atomic mass is 79.9. The maximum Gasteiger partial charge on any atom is 0.312 e. The first-order chi connectivity index (χ1) is 16.9. The Morgan fingerprint density at radius 3 is 2.63 bits per heavy atom. The summed E-state index contributed by atoms with van der Waals surface area (Å²) in [6, 6.07) is 7.58. The average Bonchev–Trinajstić information content (AvgIpc) is 3.45. The Morgan fingerprint density at radius 2 is 1.97 bits per heavy atom. The van der Waals surface area contributed by atoms with E-state index in [0.717, 1.165) is 37.7 Å². The van der Waals surface area contributed by atoms with E-state index in [1.165, 1.54) is 4.90 Å². The molecule has 8 nitrogen and oxygen atoms in total. The molecule has 4 fully saturated rings. The number of ether oxygens (including phenoxy) is 2. The van der Waals surface area contributed by atoms with Crippen molar-refractivity contribution in [1.82, 2.24) is 10.2 Å². The molecule has 2 bridgehead atoms. The zero-order valence-electron chi connectivity index (χ0n) is 19.9. The van der Waals surface area contributed by atoms with E-state index in [-0.39, 0.29) is 35.9 Å². The molecule has 7 atom stereocenters. The van der Waals surface area contributed by atoms with Gasteiger partial charge in [-0.2, -0.15) is 0 Å². The first kappa shape index (κ1) is 24.7. The number of hydrogen-bond acceptors (Lipinski definition) is 6. The predicted molar refractivity (Wildman–Crippen MR) is 130 cm³/mol. The van der Waals surface area contributed by atoms with Crippen LogP contribution >= 0.6 is 15.9 Å². The minimum Gasteiger partial charge on any atom is -0.466 e. The molecule has 190 valence electrons. The molecule has 3 aliphatic heterocycles. The van der Waals surface area contributed by atoms with Gasteiger partial charge in [-0.15, -0.1) is 0 Å². The lowest BCUT2D eigenvalue weighted by Gasteiger charge is -2.38. The number of benzene rings is 1. The molecule has 0 radical (unpaired) electrons. The normalized spacial score (nSPS) is 35.1. The number of nitrogens with one attached hydrogen (secondary N) is 1. The molecule has 1 unspecified atom stereocenters. The third-order valence-electron chi connectivity index (χ3n) is 8.18. The third kappa shape index (κ3) is 4.00. The molecule has 5 rings (SSSR count). The third-order valence-corrected chi connectivity index (χ3v) is 9.02. The molecule has 1 aromatic rings. The number of carbonyl (C=O) groups is 3. The highest BCUT2D eigenvalue weighted by Gasteiger charge is 2.77. The fourth-order valence-corrected chi connectivity index (χ4v) is 7.71. The number of rotatable bonds is 7. The standard InChI is InChI=1S/C26H33BrN2O6/c1-2-34-25(33)19-20-24(32)29(18(14-30)15-9-5-3-6-10-15)22(26(20)13-17(27)21(19)35-26)23(31)28-16-11-7-4-8-12-16/h3,5-6,9-10,16-22,30H,2,4,7-8,11-14H2,1H3,(H,28,31)/t17?,18-,19+,20-,21+,22+,26-/m1/s1. The van der Waals surface area contributed by atoms with Gasteiger partial charge in [0.15, 0.2) is 0 Å². The number of nitrogens with zero attached hydrogens (tertiary/aromatic N) is 1. The summed E-state index contributed by atoms with van der Waals surface area (Å²) in [4.78, 5) is 42.4. The van der Waals surface area contributed by atoms with E-state index in [2.05, 4.69) is 21.2 Å². The van der Waals surface area contributed by atoms with E-state index in [0.29, 0.717) is 6.42 Å². The van der Waals surface area contributed by atoms with Gasteiger partial charge in [0.25, 0.3) is 0 Å². The van der Waals surface area contributed by atoms with Crippen molar-refractivity contribution in [2.75, 3.05) is 13.2 Å². The molecule has 0 aromatic heterocycles. The summed E-state index contributed by atoms with van der Waals surface area (Å²) < 4.78 is 11.8. The van der Waals surface area contributed by atoms with E-state index in [1.807, 2.05) is 30.3 Å². The second kappa shape index (κ2) is 9.82. The molecule has 3 heterocycles. The lowest BCUT2D eigenvalue weighted by molar-refractivity contribution is -0.155. The smallest absolute Gasteiger partial charge is 0.312 e. The molecule has 9 heteroatoms. The number of carbonyl (C=O) groups excluding carboxylic acids is 3. The number of aliphatic hydroxyl groups excluding tert-OH is 1. The summed E-state index contributed by atoms with van der Waals surface area (Å²) in [5.41, 5.74) is -0.429. The van der Waals surface area contributed by atoms with Crippen LogP contribution in [0.1, 0.15) is 57.1 Å². The van der Waals surface area contributed by atoms with Crippen LogP contribution in [0.15, 0.2) is 30.3 Å². The predicted octanol–water partition coefficient (Wildman–Crippen LogP) is 2.48. The first-order valence-corrected chi connectivity index (χ1v) is 13.6. The van der Waals surface area contributed by atoms with Crippen LogP contribution in [0.5, 0.6) is 0 Å². The Morgan fingerprint density at radius 1 is 1.26 bits per heavy atom. The first-order valence-electron chi connectivity index (χ1n) is 12.7. The zero-order chi connectivity index (χ0) is 24.7. The molecular weight excluding hydrogens is 516 g/mol. The number of likely N-dealkylation sites (tertiary alicyclic amines) is 1. The number of fused-ring (bicyclic) bond motifs is 1. The maximum atomic E-state index is 14.1. The van der Waals surface area contributed by atoms with Crippen molar-refractivity contribution in [3.8, 4) is 0 Å². The van der Waals surface area contributed by atoms with Crippen LogP contribution in [-0.4, -0.2) is 69.6 Å². The number of amides is 2. The molecule has 4 aliphatic rings. The van der Waals surface area contributed by atoms with Gasteiger partial charge in [-0.05, 0) is 31.7 Å². The van der Waals surface area contributed by atoms with Crippen molar-refractivity contribution in [3.63, 3.8) is 0 Å². The fraction of sp³-hybridized carbons (Fsp3) is 0.654. The van der Waals surface area contributed by atoms with Crippen molar-refractivity contribution in [1.29, 1.82) is 0 Å². The molecule has 1 spiro atoms. The second-order valence-corrected chi connectivity index (χ2v) is 11.3. The Bertz CT molecular complexity index is 970.